The normalized spacial score (nSPS) is 14.6. The third-order valence-corrected chi connectivity index (χ3v) is 2.39. The molecule has 0 aliphatic carbocycles. The number of carbonyl (C=O) groups excluding carboxylic acids is 1. The van der Waals surface area contributed by atoms with Crippen molar-refractivity contribution in [2.75, 3.05) is 6.54 Å². The topological polar surface area (TPSA) is 84.2 Å². The van der Waals surface area contributed by atoms with Crippen LogP contribution in [0, 0.1) is 6.92 Å². The summed E-state index contributed by atoms with van der Waals surface area (Å²) in [5.74, 6) is -1.11. The minimum atomic E-state index is -0.953. The maximum Gasteiger partial charge on any atom is 0.325 e. The van der Waals surface area contributed by atoms with Crippen LogP contribution in [0.4, 0.5) is 0 Å². The molecule has 1 aromatic heterocycles. The second-order valence-electron chi connectivity index (χ2n) is 3.46. The van der Waals surface area contributed by atoms with Crippen LogP contribution in [0.2, 0.25) is 0 Å². The molecule has 0 saturated heterocycles. The standard InChI is InChI=1S/C9H11N3O3/c1-5-8-6(2-3-10-9(8)15)12(11-5)4-7(13)14/h2-4H2,1H3,(H,10,15)(H,13,14). The quantitative estimate of drug-likeness (QED) is 0.691. The Labute approximate surface area is 85.9 Å². The molecule has 15 heavy (non-hydrogen) atoms. The molecule has 6 nitrogen and oxygen atoms in total. The number of aliphatic carboxylic acids is 1. The molecule has 0 unspecified atom stereocenters. The van der Waals surface area contributed by atoms with Crippen LogP contribution in [-0.4, -0.2) is 33.3 Å². The summed E-state index contributed by atoms with van der Waals surface area (Å²) in [7, 11) is 0. The highest BCUT2D eigenvalue weighted by molar-refractivity contribution is 5.97. The number of carboxylic acids is 1. The molecule has 0 bridgehead atoms. The number of carbonyl (C=O) groups is 2. The van der Waals surface area contributed by atoms with Crippen LogP contribution in [-0.2, 0) is 17.8 Å². The molecule has 6 heteroatoms. The highest BCUT2D eigenvalue weighted by atomic mass is 16.4. The SMILES string of the molecule is Cc1nn(CC(=O)O)c2c1C(=O)NCC2. The van der Waals surface area contributed by atoms with Crippen molar-refractivity contribution in [3.63, 3.8) is 0 Å². The molecule has 0 atom stereocenters. The molecule has 80 valence electrons. The van der Waals surface area contributed by atoms with Crippen LogP contribution >= 0.6 is 0 Å². The van der Waals surface area contributed by atoms with Crippen LogP contribution in [0.5, 0.6) is 0 Å². The van der Waals surface area contributed by atoms with E-state index in [1.54, 1.807) is 6.92 Å². The third-order valence-electron chi connectivity index (χ3n) is 2.39. The lowest BCUT2D eigenvalue weighted by Crippen LogP contribution is -2.33. The number of nitrogens with zero attached hydrogens (tertiary/aromatic N) is 2. The Bertz CT molecular complexity index is 436. The summed E-state index contributed by atoms with van der Waals surface area (Å²) in [5, 5.41) is 15.4. The number of aryl methyl sites for hydroxylation is 1. The van der Waals surface area contributed by atoms with Gasteiger partial charge in [-0.2, -0.15) is 5.10 Å². The van der Waals surface area contributed by atoms with Gasteiger partial charge in [-0.1, -0.05) is 0 Å². The minimum absolute atomic E-state index is 0.162. The van der Waals surface area contributed by atoms with Gasteiger partial charge in [0.15, 0.2) is 0 Å². The van der Waals surface area contributed by atoms with Crippen LogP contribution < -0.4 is 5.32 Å². The summed E-state index contributed by atoms with van der Waals surface area (Å²) < 4.78 is 1.39. The summed E-state index contributed by atoms with van der Waals surface area (Å²) in [6.07, 6.45) is 0.634. The van der Waals surface area contributed by atoms with Gasteiger partial charge in [0.05, 0.1) is 17.0 Å². The van der Waals surface area contributed by atoms with E-state index >= 15 is 0 Å². The molecule has 1 amide bonds. The number of amides is 1. The molecule has 2 N–H and O–H groups in total. The molecule has 2 heterocycles. The fourth-order valence-electron chi connectivity index (χ4n) is 1.82. The average molecular weight is 209 g/mol. The highest BCUT2D eigenvalue weighted by Crippen LogP contribution is 2.17. The van der Waals surface area contributed by atoms with Gasteiger partial charge >= 0.3 is 5.97 Å². The Morgan fingerprint density at radius 3 is 3.07 bits per heavy atom. The molecule has 2 rings (SSSR count). The third kappa shape index (κ3) is 1.58. The summed E-state index contributed by atoms with van der Waals surface area (Å²) in [6.45, 7) is 2.06. The highest BCUT2D eigenvalue weighted by Gasteiger charge is 2.25. The van der Waals surface area contributed by atoms with Crippen LogP contribution in [0.25, 0.3) is 0 Å². The van der Waals surface area contributed by atoms with E-state index in [9.17, 15) is 9.59 Å². The van der Waals surface area contributed by atoms with Crippen LogP contribution in [0.3, 0.4) is 0 Å². The lowest BCUT2D eigenvalue weighted by Gasteiger charge is -2.14. The van der Waals surface area contributed by atoms with E-state index in [2.05, 4.69) is 10.4 Å². The zero-order valence-corrected chi connectivity index (χ0v) is 8.28. The Morgan fingerprint density at radius 1 is 1.67 bits per heavy atom. The summed E-state index contributed by atoms with van der Waals surface area (Å²) in [5.41, 5.74) is 1.84. The van der Waals surface area contributed by atoms with Gasteiger partial charge in [-0.25, -0.2) is 0 Å². The number of hydrogen-bond donors (Lipinski definition) is 2. The van der Waals surface area contributed by atoms with Crippen molar-refractivity contribution >= 4 is 11.9 Å². The average Bonchev–Trinajstić information content (AvgIpc) is 2.44. The second-order valence-corrected chi connectivity index (χ2v) is 3.46. The van der Waals surface area contributed by atoms with E-state index in [0.29, 0.717) is 24.2 Å². The van der Waals surface area contributed by atoms with Gasteiger partial charge in [0, 0.05) is 13.0 Å². The van der Waals surface area contributed by atoms with E-state index in [-0.39, 0.29) is 12.5 Å². The van der Waals surface area contributed by atoms with Gasteiger partial charge in [-0.05, 0) is 6.92 Å². The fraction of sp³-hybridized carbons (Fsp3) is 0.444. The molecule has 1 aliphatic heterocycles. The van der Waals surface area contributed by atoms with E-state index in [4.69, 9.17) is 5.11 Å². The maximum absolute atomic E-state index is 11.5. The summed E-state index contributed by atoms with van der Waals surface area (Å²) in [6, 6.07) is 0. The molecule has 0 fully saturated rings. The molecule has 1 aromatic rings. The molecule has 0 radical (unpaired) electrons. The van der Waals surface area contributed by atoms with Crippen LogP contribution in [0.1, 0.15) is 21.7 Å². The number of carboxylic acid groups (broad SMARTS) is 1. The summed E-state index contributed by atoms with van der Waals surface area (Å²) in [4.78, 5) is 22.1. The fourth-order valence-corrected chi connectivity index (χ4v) is 1.82. The molecule has 0 saturated carbocycles. The molecular formula is C9H11N3O3. The van der Waals surface area contributed by atoms with Crippen molar-refractivity contribution in [2.24, 2.45) is 0 Å². The van der Waals surface area contributed by atoms with Gasteiger partial charge in [0.25, 0.3) is 5.91 Å². The van der Waals surface area contributed by atoms with Crippen molar-refractivity contribution in [1.29, 1.82) is 0 Å². The van der Waals surface area contributed by atoms with Gasteiger partial charge in [-0.15, -0.1) is 0 Å². The second kappa shape index (κ2) is 3.38. The Kier molecular flexibility index (Phi) is 2.18. The lowest BCUT2D eigenvalue weighted by atomic mass is 10.1. The van der Waals surface area contributed by atoms with Gasteiger partial charge < -0.3 is 10.4 Å². The predicted octanol–water partition coefficient (Wildman–Crippen LogP) is -0.438. The maximum atomic E-state index is 11.5. The van der Waals surface area contributed by atoms with E-state index in [1.165, 1.54) is 4.68 Å². The monoisotopic (exact) mass is 209 g/mol. The Morgan fingerprint density at radius 2 is 2.40 bits per heavy atom. The largest absolute Gasteiger partial charge is 0.480 e. The van der Waals surface area contributed by atoms with Crippen molar-refractivity contribution < 1.29 is 14.7 Å². The van der Waals surface area contributed by atoms with Gasteiger partial charge in [0.1, 0.15) is 6.54 Å². The van der Waals surface area contributed by atoms with E-state index in [0.717, 1.165) is 5.69 Å². The number of nitrogens with one attached hydrogen (secondary N) is 1. The van der Waals surface area contributed by atoms with Gasteiger partial charge in [-0.3, -0.25) is 14.3 Å². The number of fused-ring (bicyclic) bond motifs is 1. The van der Waals surface area contributed by atoms with Crippen LogP contribution in [0.15, 0.2) is 0 Å². The Hall–Kier alpha value is -1.85. The predicted molar refractivity (Wildman–Crippen MR) is 50.6 cm³/mol. The zero-order chi connectivity index (χ0) is 11.0. The first kappa shape index (κ1) is 9.70. The Balaban J connectivity index is 2.46. The number of aromatic nitrogens is 2. The first-order valence-corrected chi connectivity index (χ1v) is 4.66. The molecule has 0 spiro atoms. The molecule has 1 aliphatic rings. The number of hydrogen-bond acceptors (Lipinski definition) is 3. The first-order chi connectivity index (χ1) is 7.09. The summed E-state index contributed by atoms with van der Waals surface area (Å²) >= 11 is 0. The van der Waals surface area contributed by atoms with Crippen molar-refractivity contribution in [2.45, 2.75) is 19.9 Å². The van der Waals surface area contributed by atoms with Crippen molar-refractivity contribution in [3.8, 4) is 0 Å². The lowest BCUT2D eigenvalue weighted by molar-refractivity contribution is -0.137. The van der Waals surface area contributed by atoms with E-state index in [1.807, 2.05) is 0 Å². The number of rotatable bonds is 2. The van der Waals surface area contributed by atoms with E-state index < -0.39 is 5.97 Å². The minimum Gasteiger partial charge on any atom is -0.480 e. The van der Waals surface area contributed by atoms with Crippen molar-refractivity contribution in [3.05, 3.63) is 17.0 Å². The molecular weight excluding hydrogens is 198 g/mol. The molecule has 0 aromatic carbocycles. The zero-order valence-electron chi connectivity index (χ0n) is 8.28. The van der Waals surface area contributed by atoms with Crippen molar-refractivity contribution in [1.82, 2.24) is 15.1 Å². The first-order valence-electron chi connectivity index (χ1n) is 4.66. The van der Waals surface area contributed by atoms with Gasteiger partial charge in [0.2, 0.25) is 0 Å². The smallest absolute Gasteiger partial charge is 0.325 e.